The smallest absolute Gasteiger partial charge is 0.410 e. The van der Waals surface area contributed by atoms with Crippen molar-refractivity contribution >= 4 is 39.8 Å². The lowest BCUT2D eigenvalue weighted by Gasteiger charge is -2.34. The minimum atomic E-state index is -0.933. The van der Waals surface area contributed by atoms with Gasteiger partial charge < -0.3 is 19.6 Å². The van der Waals surface area contributed by atoms with Crippen molar-refractivity contribution in [2.45, 2.75) is 19.6 Å². The van der Waals surface area contributed by atoms with Gasteiger partial charge in [-0.2, -0.15) is 0 Å². The number of fused-ring (bicyclic) bond motifs is 1. The molecule has 2 aromatic carbocycles. The predicted octanol–water partition coefficient (Wildman–Crippen LogP) is 4.74. The Balaban J connectivity index is 1.17. The fraction of sp³-hybridized carbons (Fsp3) is 0.240. The SMILES string of the molecule is O=C(O)c1ccc(CN2C=NC3=C(C2)CN(C(=O)OCc2cc4ccccc4s2)CC3)cc1. The van der Waals surface area contributed by atoms with Crippen LogP contribution in [0.1, 0.15) is 27.2 Å². The maximum atomic E-state index is 12.7. The van der Waals surface area contributed by atoms with Crippen molar-refractivity contribution in [2.75, 3.05) is 19.6 Å². The van der Waals surface area contributed by atoms with Crippen LogP contribution in [0.2, 0.25) is 0 Å². The average Bonchev–Trinajstić information content (AvgIpc) is 3.25. The molecular formula is C25H23N3O4S. The molecule has 7 nitrogen and oxygen atoms in total. The number of carboxylic acid groups (broad SMARTS) is 1. The Labute approximate surface area is 195 Å². The highest BCUT2D eigenvalue weighted by molar-refractivity contribution is 7.19. The van der Waals surface area contributed by atoms with Gasteiger partial charge in [-0.05, 0) is 40.8 Å². The van der Waals surface area contributed by atoms with Crippen LogP contribution in [0.3, 0.4) is 0 Å². The largest absolute Gasteiger partial charge is 0.478 e. The molecule has 0 fully saturated rings. The summed E-state index contributed by atoms with van der Waals surface area (Å²) in [6.07, 6.45) is 2.24. The molecule has 1 amide bonds. The molecule has 8 heteroatoms. The standard InChI is InChI=1S/C25H23N3O4S/c29-24(30)18-7-5-17(6-8-18)12-27-13-20-14-28(10-9-22(20)26-16-27)25(31)32-15-21-11-19-3-1-2-4-23(19)33-21/h1-8,11,16H,9-10,12-15H2,(H,29,30). The van der Waals surface area contributed by atoms with E-state index in [1.165, 1.54) is 10.1 Å². The van der Waals surface area contributed by atoms with Gasteiger partial charge in [0.2, 0.25) is 0 Å². The zero-order chi connectivity index (χ0) is 22.8. The van der Waals surface area contributed by atoms with E-state index in [4.69, 9.17) is 9.84 Å². The molecule has 2 aliphatic rings. The number of carbonyl (C=O) groups is 2. The second-order valence-electron chi connectivity index (χ2n) is 8.18. The molecule has 0 aliphatic carbocycles. The molecule has 33 heavy (non-hydrogen) atoms. The van der Waals surface area contributed by atoms with Gasteiger partial charge in [-0.1, -0.05) is 30.3 Å². The molecule has 1 aromatic heterocycles. The molecule has 0 bridgehead atoms. The maximum absolute atomic E-state index is 12.7. The Hall–Kier alpha value is -3.65. The molecule has 0 unspecified atom stereocenters. The summed E-state index contributed by atoms with van der Waals surface area (Å²) in [4.78, 5) is 33.2. The first-order chi connectivity index (χ1) is 16.0. The van der Waals surface area contributed by atoms with Crippen LogP contribution in [0, 0.1) is 0 Å². The summed E-state index contributed by atoms with van der Waals surface area (Å²) in [5.74, 6) is -0.933. The van der Waals surface area contributed by atoms with Gasteiger partial charge >= 0.3 is 12.1 Å². The minimum absolute atomic E-state index is 0.271. The van der Waals surface area contributed by atoms with Crippen LogP contribution in [-0.2, 0) is 17.9 Å². The lowest BCUT2D eigenvalue weighted by atomic mass is 10.0. The molecule has 168 valence electrons. The second-order valence-corrected chi connectivity index (χ2v) is 9.35. The molecule has 0 atom stereocenters. The van der Waals surface area contributed by atoms with Crippen LogP contribution in [0.15, 0.2) is 70.9 Å². The molecule has 3 heterocycles. The highest BCUT2D eigenvalue weighted by atomic mass is 32.1. The first-order valence-corrected chi connectivity index (χ1v) is 11.6. The topological polar surface area (TPSA) is 82.4 Å². The van der Waals surface area contributed by atoms with Gasteiger partial charge in [-0.3, -0.25) is 0 Å². The fourth-order valence-corrected chi connectivity index (χ4v) is 5.10. The van der Waals surface area contributed by atoms with E-state index in [0.717, 1.165) is 21.7 Å². The van der Waals surface area contributed by atoms with E-state index in [-0.39, 0.29) is 18.3 Å². The number of rotatable bonds is 5. The van der Waals surface area contributed by atoms with E-state index in [0.29, 0.717) is 32.6 Å². The molecule has 0 saturated heterocycles. The number of ether oxygens (including phenoxy) is 1. The predicted molar refractivity (Wildman–Crippen MR) is 128 cm³/mol. The normalized spacial score (nSPS) is 15.6. The number of hydrogen-bond acceptors (Lipinski definition) is 6. The van der Waals surface area contributed by atoms with Crippen molar-refractivity contribution < 1.29 is 19.4 Å². The van der Waals surface area contributed by atoms with Gasteiger partial charge in [0.1, 0.15) is 6.61 Å². The maximum Gasteiger partial charge on any atom is 0.410 e. The van der Waals surface area contributed by atoms with Crippen LogP contribution < -0.4 is 0 Å². The Morgan fingerprint density at radius 3 is 2.70 bits per heavy atom. The van der Waals surface area contributed by atoms with E-state index in [2.05, 4.69) is 28.1 Å². The van der Waals surface area contributed by atoms with Gasteiger partial charge in [0.15, 0.2) is 0 Å². The number of carbonyl (C=O) groups excluding carboxylic acids is 1. The van der Waals surface area contributed by atoms with Crippen molar-refractivity contribution in [1.29, 1.82) is 0 Å². The van der Waals surface area contributed by atoms with Gasteiger partial charge in [0.25, 0.3) is 0 Å². The number of thiophene rings is 1. The number of hydrogen-bond donors (Lipinski definition) is 1. The Morgan fingerprint density at radius 2 is 1.91 bits per heavy atom. The summed E-state index contributed by atoms with van der Waals surface area (Å²) in [5, 5.41) is 10.2. The van der Waals surface area contributed by atoms with Gasteiger partial charge in [-0.25, -0.2) is 14.6 Å². The van der Waals surface area contributed by atoms with Crippen molar-refractivity contribution in [3.63, 3.8) is 0 Å². The van der Waals surface area contributed by atoms with Crippen molar-refractivity contribution in [1.82, 2.24) is 9.80 Å². The number of aromatic carboxylic acids is 1. The van der Waals surface area contributed by atoms with Crippen LogP contribution in [-0.4, -0.2) is 52.9 Å². The highest BCUT2D eigenvalue weighted by Gasteiger charge is 2.26. The Morgan fingerprint density at radius 1 is 1.09 bits per heavy atom. The van der Waals surface area contributed by atoms with Crippen LogP contribution in [0.5, 0.6) is 0 Å². The van der Waals surface area contributed by atoms with Crippen molar-refractivity contribution in [2.24, 2.45) is 4.99 Å². The lowest BCUT2D eigenvalue weighted by molar-refractivity contribution is 0.0696. The molecule has 2 aliphatic heterocycles. The second kappa shape index (κ2) is 9.07. The van der Waals surface area contributed by atoms with E-state index < -0.39 is 5.97 Å². The van der Waals surface area contributed by atoms with Gasteiger partial charge in [-0.15, -0.1) is 11.3 Å². The van der Waals surface area contributed by atoms with Gasteiger partial charge in [0, 0.05) is 47.9 Å². The third-order valence-electron chi connectivity index (χ3n) is 5.84. The number of nitrogens with zero attached hydrogens (tertiary/aromatic N) is 3. The highest BCUT2D eigenvalue weighted by Crippen LogP contribution is 2.27. The van der Waals surface area contributed by atoms with E-state index in [9.17, 15) is 9.59 Å². The molecule has 5 rings (SSSR count). The number of amides is 1. The fourth-order valence-electron chi connectivity index (χ4n) is 4.12. The molecule has 0 spiro atoms. The summed E-state index contributed by atoms with van der Waals surface area (Å²) in [6, 6.07) is 17.1. The number of benzene rings is 2. The zero-order valence-electron chi connectivity index (χ0n) is 17.9. The monoisotopic (exact) mass is 461 g/mol. The van der Waals surface area contributed by atoms with E-state index >= 15 is 0 Å². The summed E-state index contributed by atoms with van der Waals surface area (Å²) in [7, 11) is 0. The summed E-state index contributed by atoms with van der Waals surface area (Å²) in [5.41, 5.74) is 3.43. The zero-order valence-corrected chi connectivity index (χ0v) is 18.8. The first kappa shape index (κ1) is 21.2. The third-order valence-corrected chi connectivity index (χ3v) is 6.93. The van der Waals surface area contributed by atoms with Gasteiger partial charge in [0.05, 0.1) is 11.9 Å². The van der Waals surface area contributed by atoms with Crippen LogP contribution in [0.4, 0.5) is 4.79 Å². The number of carboxylic acids is 1. The molecule has 0 radical (unpaired) electrons. The molecule has 0 saturated carbocycles. The first-order valence-electron chi connectivity index (χ1n) is 10.8. The molecular weight excluding hydrogens is 438 g/mol. The minimum Gasteiger partial charge on any atom is -0.478 e. The summed E-state index contributed by atoms with van der Waals surface area (Å²) in [6.45, 7) is 2.68. The quantitative estimate of drug-likeness (QED) is 0.594. The summed E-state index contributed by atoms with van der Waals surface area (Å²) >= 11 is 1.64. The Kier molecular flexibility index (Phi) is 5.83. The van der Waals surface area contributed by atoms with Crippen LogP contribution in [0.25, 0.3) is 10.1 Å². The van der Waals surface area contributed by atoms with E-state index in [1.54, 1.807) is 28.4 Å². The van der Waals surface area contributed by atoms with Crippen LogP contribution >= 0.6 is 11.3 Å². The number of aliphatic imine (C=N–C) groups is 1. The van der Waals surface area contributed by atoms with Crippen molar-refractivity contribution in [3.8, 4) is 0 Å². The lowest BCUT2D eigenvalue weighted by Crippen LogP contribution is -2.41. The average molecular weight is 462 g/mol. The van der Waals surface area contributed by atoms with Crippen molar-refractivity contribution in [3.05, 3.63) is 81.9 Å². The Bertz CT molecular complexity index is 1230. The summed E-state index contributed by atoms with van der Waals surface area (Å²) < 4.78 is 6.79. The van der Waals surface area contributed by atoms with E-state index in [1.807, 2.05) is 30.6 Å². The molecule has 3 aromatic rings. The third kappa shape index (κ3) is 4.75. The molecule has 1 N–H and O–H groups in total.